The van der Waals surface area contributed by atoms with E-state index in [0.29, 0.717) is 17.8 Å². The fraction of sp³-hybridized carbons (Fsp3) is 0.667. The first-order chi connectivity index (χ1) is 12.7. The molecule has 3 nitrogen and oxygen atoms in total. The molecule has 3 aliphatic carbocycles. The van der Waals surface area contributed by atoms with E-state index in [-0.39, 0.29) is 5.54 Å². The molecule has 2 unspecified atom stereocenters. The van der Waals surface area contributed by atoms with Crippen LogP contribution in [0.1, 0.15) is 50.0 Å². The average molecular weight is 393 g/mol. The normalized spacial score (nSPS) is 36.6. The Balaban J connectivity index is 1.55. The Bertz CT molecular complexity index is 723. The number of fused-ring (bicyclic) bond motifs is 2. The molecule has 4 fully saturated rings. The number of aliphatic imine (C=N–C) groups is 1. The number of ether oxygens (including phenoxy) is 1. The minimum Gasteiger partial charge on any atom is -0.378 e. The predicted molar refractivity (Wildman–Crippen MR) is 106 cm³/mol. The molecule has 0 radical (unpaired) electrons. The van der Waals surface area contributed by atoms with Gasteiger partial charge in [0, 0.05) is 35.5 Å². The van der Waals surface area contributed by atoms with Crippen LogP contribution in [0.5, 0.6) is 0 Å². The number of nitrogens with zero attached hydrogens (tertiary/aromatic N) is 2. The van der Waals surface area contributed by atoms with E-state index in [9.17, 15) is 0 Å². The zero-order valence-corrected chi connectivity index (χ0v) is 16.6. The van der Waals surface area contributed by atoms with E-state index in [0.717, 1.165) is 42.8 Å². The van der Waals surface area contributed by atoms with Gasteiger partial charge in [0.25, 0.3) is 0 Å². The third-order valence-corrected chi connectivity index (χ3v) is 7.81. The van der Waals surface area contributed by atoms with Crippen molar-refractivity contribution in [1.29, 1.82) is 0 Å². The lowest BCUT2D eigenvalue weighted by Gasteiger charge is -2.54. The smallest absolute Gasteiger partial charge is 0.0998 e. The van der Waals surface area contributed by atoms with Crippen molar-refractivity contribution in [3.05, 3.63) is 33.8 Å². The van der Waals surface area contributed by atoms with Crippen LogP contribution in [0.15, 0.2) is 23.2 Å². The molecule has 1 aromatic carbocycles. The summed E-state index contributed by atoms with van der Waals surface area (Å²) in [6.07, 6.45) is 7.56. The second-order valence-electron chi connectivity index (χ2n) is 8.37. The molecule has 1 spiro atoms. The Kier molecular flexibility index (Phi) is 4.46. The minimum absolute atomic E-state index is 0.0479. The molecule has 140 valence electrons. The summed E-state index contributed by atoms with van der Waals surface area (Å²) in [5, 5.41) is 1.54. The lowest BCUT2D eigenvalue weighted by atomic mass is 9.52. The van der Waals surface area contributed by atoms with Gasteiger partial charge in [0.2, 0.25) is 0 Å². The molecular formula is C21H26Cl2N2O. The molecule has 2 heterocycles. The van der Waals surface area contributed by atoms with Crippen LogP contribution >= 0.6 is 23.2 Å². The third kappa shape index (κ3) is 2.70. The summed E-state index contributed by atoms with van der Waals surface area (Å²) in [5.41, 5.74) is 1.32. The fourth-order valence-corrected chi connectivity index (χ4v) is 6.65. The lowest BCUT2D eigenvalue weighted by Crippen LogP contribution is -2.51. The summed E-state index contributed by atoms with van der Waals surface area (Å²) in [4.78, 5) is 7.96. The lowest BCUT2D eigenvalue weighted by molar-refractivity contribution is 0.0425. The van der Waals surface area contributed by atoms with Gasteiger partial charge >= 0.3 is 0 Å². The Morgan fingerprint density at radius 2 is 1.85 bits per heavy atom. The van der Waals surface area contributed by atoms with Crippen molar-refractivity contribution >= 4 is 29.0 Å². The molecule has 0 aromatic heterocycles. The molecule has 0 N–H and O–H groups in total. The number of rotatable bonds is 1. The molecule has 6 rings (SSSR count). The number of morpholine rings is 1. The average Bonchev–Trinajstić information content (AvgIpc) is 3.10. The standard InChI is InChI=1S/C21H26Cl2N2O/c22-16-5-6-17(18(23)13-16)20-14-1-3-15(4-2-14)21(20)8-7-19(24-21)25-9-11-26-12-10-25/h5-6,13-15,20H,1-4,7-12H2. The Labute approximate surface area is 165 Å². The van der Waals surface area contributed by atoms with E-state index in [1.165, 1.54) is 43.5 Å². The summed E-state index contributed by atoms with van der Waals surface area (Å²) in [6.45, 7) is 3.61. The van der Waals surface area contributed by atoms with Crippen LogP contribution < -0.4 is 0 Å². The molecule has 5 heteroatoms. The largest absolute Gasteiger partial charge is 0.378 e. The highest BCUT2D eigenvalue weighted by molar-refractivity contribution is 6.35. The maximum Gasteiger partial charge on any atom is 0.0998 e. The van der Waals surface area contributed by atoms with E-state index < -0.39 is 0 Å². The summed E-state index contributed by atoms with van der Waals surface area (Å²) >= 11 is 12.9. The first kappa shape index (κ1) is 17.3. The maximum atomic E-state index is 6.69. The number of halogens is 2. The number of amidine groups is 1. The van der Waals surface area contributed by atoms with E-state index in [4.69, 9.17) is 32.9 Å². The van der Waals surface area contributed by atoms with Gasteiger partial charge in [0.15, 0.2) is 0 Å². The van der Waals surface area contributed by atoms with Crippen LogP contribution in [0.25, 0.3) is 0 Å². The molecule has 2 bridgehead atoms. The van der Waals surface area contributed by atoms with Crippen molar-refractivity contribution in [2.45, 2.75) is 50.0 Å². The van der Waals surface area contributed by atoms with E-state index >= 15 is 0 Å². The topological polar surface area (TPSA) is 24.8 Å². The second kappa shape index (κ2) is 6.68. The SMILES string of the molecule is Clc1ccc(C2C3CCC(CC3)C23CCC(N2CCOCC2)=N3)c(Cl)c1. The Morgan fingerprint density at radius 3 is 2.58 bits per heavy atom. The van der Waals surface area contributed by atoms with Crippen LogP contribution in [0.3, 0.4) is 0 Å². The van der Waals surface area contributed by atoms with E-state index in [1.807, 2.05) is 12.1 Å². The highest BCUT2D eigenvalue weighted by Crippen LogP contribution is 2.61. The summed E-state index contributed by atoms with van der Waals surface area (Å²) < 4.78 is 5.54. The third-order valence-electron chi connectivity index (χ3n) is 7.25. The zero-order chi connectivity index (χ0) is 17.7. The number of hydrogen-bond donors (Lipinski definition) is 0. The second-order valence-corrected chi connectivity index (χ2v) is 9.22. The summed E-state index contributed by atoms with van der Waals surface area (Å²) in [6, 6.07) is 6.08. The van der Waals surface area contributed by atoms with Gasteiger partial charge in [0.05, 0.1) is 24.6 Å². The Hall–Kier alpha value is -0.770. The summed E-state index contributed by atoms with van der Waals surface area (Å²) in [7, 11) is 0. The highest BCUT2D eigenvalue weighted by Gasteiger charge is 2.57. The molecule has 2 atom stereocenters. The number of hydrogen-bond acceptors (Lipinski definition) is 3. The van der Waals surface area contributed by atoms with Gasteiger partial charge in [-0.2, -0.15) is 0 Å². The predicted octanol–water partition coefficient (Wildman–Crippen LogP) is 5.16. The van der Waals surface area contributed by atoms with Gasteiger partial charge in [-0.05, 0) is 61.6 Å². The molecule has 0 amide bonds. The highest BCUT2D eigenvalue weighted by atomic mass is 35.5. The van der Waals surface area contributed by atoms with Crippen LogP contribution in [0, 0.1) is 11.8 Å². The first-order valence-corrected chi connectivity index (χ1v) is 10.8. The summed E-state index contributed by atoms with van der Waals surface area (Å²) in [5.74, 6) is 3.16. The van der Waals surface area contributed by atoms with Gasteiger partial charge in [-0.1, -0.05) is 29.3 Å². The quantitative estimate of drug-likeness (QED) is 0.658. The zero-order valence-electron chi connectivity index (χ0n) is 15.1. The van der Waals surface area contributed by atoms with Gasteiger partial charge in [0.1, 0.15) is 0 Å². The van der Waals surface area contributed by atoms with Crippen molar-refractivity contribution in [1.82, 2.24) is 4.90 Å². The van der Waals surface area contributed by atoms with Crippen LogP contribution in [-0.4, -0.2) is 42.6 Å². The molecule has 2 aliphatic heterocycles. The molecule has 26 heavy (non-hydrogen) atoms. The molecular weight excluding hydrogens is 367 g/mol. The molecule has 1 aromatic rings. The number of benzene rings is 1. The van der Waals surface area contributed by atoms with Crippen LogP contribution in [-0.2, 0) is 4.74 Å². The van der Waals surface area contributed by atoms with Crippen LogP contribution in [0.4, 0.5) is 0 Å². The molecule has 1 saturated heterocycles. The van der Waals surface area contributed by atoms with Crippen molar-refractivity contribution < 1.29 is 4.74 Å². The van der Waals surface area contributed by atoms with Gasteiger partial charge in [-0.3, -0.25) is 4.99 Å². The maximum absolute atomic E-state index is 6.69. The molecule has 5 aliphatic rings. The van der Waals surface area contributed by atoms with E-state index in [1.54, 1.807) is 0 Å². The van der Waals surface area contributed by atoms with Crippen molar-refractivity contribution in [2.75, 3.05) is 26.3 Å². The molecule has 3 saturated carbocycles. The monoisotopic (exact) mass is 392 g/mol. The van der Waals surface area contributed by atoms with E-state index in [2.05, 4.69) is 11.0 Å². The van der Waals surface area contributed by atoms with Gasteiger partial charge in [-0.25, -0.2) is 0 Å². The van der Waals surface area contributed by atoms with Crippen molar-refractivity contribution in [3.63, 3.8) is 0 Å². The Morgan fingerprint density at radius 1 is 1.08 bits per heavy atom. The van der Waals surface area contributed by atoms with Crippen LogP contribution in [0.2, 0.25) is 10.0 Å². The minimum atomic E-state index is 0.0479. The van der Waals surface area contributed by atoms with Gasteiger partial charge < -0.3 is 9.64 Å². The van der Waals surface area contributed by atoms with Crippen molar-refractivity contribution in [2.24, 2.45) is 16.8 Å². The van der Waals surface area contributed by atoms with Crippen molar-refractivity contribution in [3.8, 4) is 0 Å². The first-order valence-electron chi connectivity index (χ1n) is 10.0. The fourth-order valence-electron chi connectivity index (χ4n) is 6.13. The van der Waals surface area contributed by atoms with Gasteiger partial charge in [-0.15, -0.1) is 0 Å².